The van der Waals surface area contributed by atoms with Gasteiger partial charge in [0.15, 0.2) is 0 Å². The number of non-ortho nitro benzene ring substituents is 1. The molecule has 7 nitrogen and oxygen atoms in total. The fourth-order valence-electron chi connectivity index (χ4n) is 1.64. The van der Waals surface area contributed by atoms with Crippen LogP contribution in [-0.4, -0.2) is 28.6 Å². The molecule has 1 unspecified atom stereocenters. The fourth-order valence-corrected chi connectivity index (χ4v) is 1.64. The van der Waals surface area contributed by atoms with Crippen LogP contribution in [0.15, 0.2) is 24.3 Å². The third-order valence-corrected chi connectivity index (χ3v) is 2.65. The van der Waals surface area contributed by atoms with Crippen molar-refractivity contribution in [2.45, 2.75) is 25.8 Å². The Labute approximate surface area is 110 Å². The summed E-state index contributed by atoms with van der Waals surface area (Å²) in [4.78, 5) is 21.5. The molecule has 0 saturated heterocycles. The first kappa shape index (κ1) is 15.1. The number of nitro benzene ring substituents is 1. The molecular formula is C12H17N3O4. The predicted octanol–water partition coefficient (Wildman–Crippen LogP) is 1.01. The number of nitrogens with zero attached hydrogens (tertiary/aromatic N) is 1. The molecule has 0 radical (unpaired) electrons. The maximum Gasteiger partial charge on any atom is 0.269 e. The van der Waals surface area contributed by atoms with Crippen molar-refractivity contribution in [2.24, 2.45) is 0 Å². The van der Waals surface area contributed by atoms with Crippen LogP contribution in [0, 0.1) is 10.1 Å². The van der Waals surface area contributed by atoms with Gasteiger partial charge in [-0.15, -0.1) is 0 Å². The van der Waals surface area contributed by atoms with Crippen LogP contribution in [0.3, 0.4) is 0 Å². The second-order valence-electron chi connectivity index (χ2n) is 4.11. The minimum atomic E-state index is -0.564. The van der Waals surface area contributed by atoms with Crippen LogP contribution in [0.5, 0.6) is 0 Å². The number of amides is 1. The SMILES string of the molecule is CCCNC(Cc1ccc([N+](=O)[O-])cc1)C(=O)NO. The summed E-state index contributed by atoms with van der Waals surface area (Å²) in [5.41, 5.74) is 2.40. The van der Waals surface area contributed by atoms with Crippen LogP contribution >= 0.6 is 0 Å². The number of hydrogen-bond acceptors (Lipinski definition) is 5. The van der Waals surface area contributed by atoms with Crippen LogP contribution < -0.4 is 10.8 Å². The number of benzene rings is 1. The van der Waals surface area contributed by atoms with Crippen molar-refractivity contribution in [1.82, 2.24) is 10.8 Å². The van der Waals surface area contributed by atoms with Gasteiger partial charge in [0.05, 0.1) is 11.0 Å². The van der Waals surface area contributed by atoms with Crippen molar-refractivity contribution in [3.63, 3.8) is 0 Å². The molecule has 1 atom stereocenters. The second-order valence-corrected chi connectivity index (χ2v) is 4.11. The lowest BCUT2D eigenvalue weighted by Gasteiger charge is -2.16. The van der Waals surface area contributed by atoms with Gasteiger partial charge in [-0.2, -0.15) is 0 Å². The van der Waals surface area contributed by atoms with Crippen molar-refractivity contribution in [2.75, 3.05) is 6.54 Å². The zero-order chi connectivity index (χ0) is 14.3. The van der Waals surface area contributed by atoms with Gasteiger partial charge in [-0.3, -0.25) is 20.1 Å². The molecule has 0 bridgehead atoms. The highest BCUT2D eigenvalue weighted by Crippen LogP contribution is 2.13. The highest BCUT2D eigenvalue weighted by Gasteiger charge is 2.17. The zero-order valence-corrected chi connectivity index (χ0v) is 10.6. The first-order valence-corrected chi connectivity index (χ1v) is 5.99. The van der Waals surface area contributed by atoms with Crippen LogP contribution in [0.4, 0.5) is 5.69 Å². The molecule has 0 aromatic heterocycles. The van der Waals surface area contributed by atoms with Crippen LogP contribution in [-0.2, 0) is 11.2 Å². The van der Waals surface area contributed by atoms with Crippen molar-refractivity contribution in [3.8, 4) is 0 Å². The molecule has 19 heavy (non-hydrogen) atoms. The smallest absolute Gasteiger partial charge is 0.269 e. The topological polar surface area (TPSA) is 105 Å². The highest BCUT2D eigenvalue weighted by molar-refractivity contribution is 5.80. The van der Waals surface area contributed by atoms with Crippen LogP contribution in [0.1, 0.15) is 18.9 Å². The molecule has 1 rings (SSSR count). The molecule has 0 fully saturated rings. The highest BCUT2D eigenvalue weighted by atomic mass is 16.6. The van der Waals surface area contributed by atoms with E-state index in [1.165, 1.54) is 12.1 Å². The lowest BCUT2D eigenvalue weighted by atomic mass is 10.0. The normalized spacial score (nSPS) is 11.9. The molecule has 104 valence electrons. The van der Waals surface area contributed by atoms with E-state index >= 15 is 0 Å². The van der Waals surface area contributed by atoms with Crippen LogP contribution in [0.2, 0.25) is 0 Å². The molecule has 0 aliphatic rings. The first-order valence-electron chi connectivity index (χ1n) is 5.99. The van der Waals surface area contributed by atoms with E-state index in [0.29, 0.717) is 13.0 Å². The van der Waals surface area contributed by atoms with Gasteiger partial charge < -0.3 is 5.32 Å². The van der Waals surface area contributed by atoms with Gasteiger partial charge in [0.1, 0.15) is 0 Å². The minimum Gasteiger partial charge on any atom is -0.306 e. The van der Waals surface area contributed by atoms with Crippen molar-refractivity contribution < 1.29 is 14.9 Å². The lowest BCUT2D eigenvalue weighted by Crippen LogP contribution is -2.44. The van der Waals surface area contributed by atoms with Gasteiger partial charge >= 0.3 is 0 Å². The molecule has 0 saturated carbocycles. The molecule has 0 spiro atoms. The van der Waals surface area contributed by atoms with Gasteiger partial charge in [-0.25, -0.2) is 5.48 Å². The largest absolute Gasteiger partial charge is 0.306 e. The third-order valence-electron chi connectivity index (χ3n) is 2.65. The molecule has 1 aromatic carbocycles. The van der Waals surface area contributed by atoms with Crippen molar-refractivity contribution in [3.05, 3.63) is 39.9 Å². The Hall–Kier alpha value is -1.99. The summed E-state index contributed by atoms with van der Waals surface area (Å²) in [5, 5.41) is 22.2. The quantitative estimate of drug-likeness (QED) is 0.388. The molecule has 1 aromatic rings. The molecular weight excluding hydrogens is 250 g/mol. The predicted molar refractivity (Wildman–Crippen MR) is 68.8 cm³/mol. The molecule has 7 heteroatoms. The second kappa shape index (κ2) is 7.45. The Morgan fingerprint density at radius 2 is 2.05 bits per heavy atom. The summed E-state index contributed by atoms with van der Waals surface area (Å²) in [7, 11) is 0. The Balaban J connectivity index is 2.72. The van der Waals surface area contributed by atoms with E-state index in [-0.39, 0.29) is 5.69 Å². The van der Waals surface area contributed by atoms with Gasteiger partial charge in [-0.05, 0) is 24.9 Å². The van der Waals surface area contributed by atoms with E-state index in [1.807, 2.05) is 6.92 Å². The maximum atomic E-state index is 11.5. The summed E-state index contributed by atoms with van der Waals surface area (Å²) in [6, 6.07) is 5.42. The molecule has 3 N–H and O–H groups in total. The Morgan fingerprint density at radius 1 is 1.42 bits per heavy atom. The van der Waals surface area contributed by atoms with Gasteiger partial charge in [0, 0.05) is 12.1 Å². The average Bonchev–Trinajstić information content (AvgIpc) is 2.43. The third kappa shape index (κ3) is 4.65. The lowest BCUT2D eigenvalue weighted by molar-refractivity contribution is -0.384. The van der Waals surface area contributed by atoms with Gasteiger partial charge in [-0.1, -0.05) is 19.1 Å². The van der Waals surface area contributed by atoms with Crippen molar-refractivity contribution in [1.29, 1.82) is 0 Å². The van der Waals surface area contributed by atoms with Gasteiger partial charge in [0.2, 0.25) is 0 Å². The Morgan fingerprint density at radius 3 is 2.53 bits per heavy atom. The van der Waals surface area contributed by atoms with E-state index in [9.17, 15) is 14.9 Å². The summed E-state index contributed by atoms with van der Waals surface area (Å²) < 4.78 is 0. The summed E-state index contributed by atoms with van der Waals surface area (Å²) in [6.07, 6.45) is 1.21. The maximum absolute atomic E-state index is 11.5. The Kier molecular flexibility index (Phi) is 5.91. The van der Waals surface area contributed by atoms with Gasteiger partial charge in [0.25, 0.3) is 11.6 Å². The number of rotatable bonds is 7. The Bertz CT molecular complexity index is 433. The fraction of sp³-hybridized carbons (Fsp3) is 0.417. The summed E-state index contributed by atoms with van der Waals surface area (Å²) >= 11 is 0. The first-order chi connectivity index (χ1) is 9.08. The van der Waals surface area contributed by atoms with E-state index < -0.39 is 16.9 Å². The molecule has 0 heterocycles. The van der Waals surface area contributed by atoms with E-state index in [2.05, 4.69) is 5.32 Å². The molecule has 0 aliphatic heterocycles. The molecule has 1 amide bonds. The molecule has 0 aliphatic carbocycles. The number of hydroxylamine groups is 1. The number of hydrogen-bond donors (Lipinski definition) is 3. The number of carbonyl (C=O) groups excluding carboxylic acids is 1. The number of carbonyl (C=O) groups is 1. The number of nitrogens with one attached hydrogen (secondary N) is 2. The van der Waals surface area contributed by atoms with Crippen molar-refractivity contribution >= 4 is 11.6 Å². The van der Waals surface area contributed by atoms with E-state index in [1.54, 1.807) is 17.6 Å². The zero-order valence-electron chi connectivity index (χ0n) is 10.6. The monoisotopic (exact) mass is 267 g/mol. The minimum absolute atomic E-state index is 0.00780. The van der Waals surface area contributed by atoms with E-state index in [4.69, 9.17) is 5.21 Å². The number of nitro groups is 1. The standard InChI is InChI=1S/C12H17N3O4/c1-2-7-13-11(12(16)14-17)8-9-3-5-10(6-4-9)15(18)19/h3-6,11,13,17H,2,7-8H2,1H3,(H,14,16). The van der Waals surface area contributed by atoms with Crippen LogP contribution in [0.25, 0.3) is 0 Å². The van der Waals surface area contributed by atoms with E-state index in [0.717, 1.165) is 12.0 Å². The summed E-state index contributed by atoms with van der Waals surface area (Å²) in [5.74, 6) is -0.521. The average molecular weight is 267 g/mol. The summed E-state index contributed by atoms with van der Waals surface area (Å²) in [6.45, 7) is 2.61.